The molecule has 0 unspecified atom stereocenters. The smallest absolute Gasteiger partial charge is 0.239 e. The molecule has 1 aliphatic carbocycles. The number of fused-ring (bicyclic) bond motifs is 1. The van der Waals surface area contributed by atoms with Crippen LogP contribution in [-0.4, -0.2) is 19.2 Å². The minimum atomic E-state index is -0.201. The maximum atomic E-state index is 14.0. The molecule has 1 heterocycles. The molecule has 0 saturated heterocycles. The number of hydrogen-bond acceptors (Lipinski definition) is 4. The van der Waals surface area contributed by atoms with E-state index >= 15 is 0 Å². The van der Waals surface area contributed by atoms with Crippen LogP contribution in [0.25, 0.3) is 0 Å². The predicted molar refractivity (Wildman–Crippen MR) is 91.3 cm³/mol. The molecule has 1 saturated carbocycles. The summed E-state index contributed by atoms with van der Waals surface area (Å²) in [5.41, 5.74) is 2.32. The van der Waals surface area contributed by atoms with Gasteiger partial charge in [0.1, 0.15) is 5.82 Å². The fraction of sp³-hybridized carbons (Fsp3) is 0.316. The van der Waals surface area contributed by atoms with Crippen molar-refractivity contribution in [3.05, 3.63) is 53.3 Å². The summed E-state index contributed by atoms with van der Waals surface area (Å²) >= 11 is 0. The predicted octanol–water partition coefficient (Wildman–Crippen LogP) is 3.16. The highest BCUT2D eigenvalue weighted by atomic mass is 19.1. The van der Waals surface area contributed by atoms with E-state index in [0.29, 0.717) is 29.6 Å². The molecule has 2 aliphatic rings. The molecule has 0 spiro atoms. The molecule has 25 heavy (non-hydrogen) atoms. The Kier molecular flexibility index (Phi) is 4.17. The number of carbonyl (C=O) groups excluding carboxylic acids is 1. The second kappa shape index (κ2) is 6.63. The van der Waals surface area contributed by atoms with Crippen LogP contribution in [-0.2, 0) is 11.3 Å². The lowest BCUT2D eigenvalue weighted by atomic mass is 10.1. The van der Waals surface area contributed by atoms with Crippen LogP contribution in [0.2, 0.25) is 0 Å². The summed E-state index contributed by atoms with van der Waals surface area (Å²) in [6.07, 6.45) is 2.12. The van der Waals surface area contributed by atoms with E-state index in [-0.39, 0.29) is 25.1 Å². The number of halogens is 1. The van der Waals surface area contributed by atoms with Crippen LogP contribution >= 0.6 is 0 Å². The lowest BCUT2D eigenvalue weighted by molar-refractivity contribution is -0.119. The Morgan fingerprint density at radius 3 is 2.76 bits per heavy atom. The molecular weight excluding hydrogens is 323 g/mol. The van der Waals surface area contributed by atoms with Gasteiger partial charge in [-0.25, -0.2) is 4.39 Å². The third kappa shape index (κ3) is 3.68. The zero-order valence-electron chi connectivity index (χ0n) is 13.7. The van der Waals surface area contributed by atoms with E-state index < -0.39 is 0 Å². The van der Waals surface area contributed by atoms with Crippen LogP contribution in [0.3, 0.4) is 0 Å². The molecule has 2 aromatic rings. The van der Waals surface area contributed by atoms with Crippen LogP contribution in [0, 0.1) is 5.82 Å². The zero-order chi connectivity index (χ0) is 17.2. The number of carbonyl (C=O) groups is 1. The van der Waals surface area contributed by atoms with E-state index in [0.717, 1.165) is 24.0 Å². The fourth-order valence-corrected chi connectivity index (χ4v) is 2.86. The number of hydrogen-bond donors (Lipinski definition) is 2. The van der Waals surface area contributed by atoms with Gasteiger partial charge in [-0.1, -0.05) is 12.1 Å². The topological polar surface area (TPSA) is 59.6 Å². The minimum absolute atomic E-state index is 0.0900. The van der Waals surface area contributed by atoms with Gasteiger partial charge in [0, 0.05) is 12.2 Å². The van der Waals surface area contributed by atoms with Crippen molar-refractivity contribution in [3.8, 4) is 11.5 Å². The molecule has 2 N–H and O–H groups in total. The van der Waals surface area contributed by atoms with Crippen molar-refractivity contribution in [1.29, 1.82) is 0 Å². The Bertz CT molecular complexity index is 805. The van der Waals surface area contributed by atoms with E-state index in [4.69, 9.17) is 9.47 Å². The van der Waals surface area contributed by atoms with E-state index in [1.54, 1.807) is 6.07 Å². The van der Waals surface area contributed by atoms with Crippen LogP contribution in [0.1, 0.15) is 29.9 Å². The van der Waals surface area contributed by atoms with Crippen molar-refractivity contribution < 1.29 is 18.7 Å². The summed E-state index contributed by atoms with van der Waals surface area (Å²) in [5, 5.41) is 5.78. The first-order valence-corrected chi connectivity index (χ1v) is 8.37. The number of anilines is 1. The van der Waals surface area contributed by atoms with Crippen molar-refractivity contribution >= 4 is 11.6 Å². The molecule has 1 fully saturated rings. The molecular formula is C19H19FN2O3. The van der Waals surface area contributed by atoms with Gasteiger partial charge >= 0.3 is 0 Å². The third-order valence-electron chi connectivity index (χ3n) is 4.40. The molecule has 4 rings (SSSR count). The lowest BCUT2D eigenvalue weighted by Crippen LogP contribution is -2.29. The number of nitrogens with one attached hydrogen (secondary N) is 2. The summed E-state index contributed by atoms with van der Waals surface area (Å²) in [7, 11) is 0. The Hall–Kier alpha value is -2.76. The van der Waals surface area contributed by atoms with Crippen molar-refractivity contribution in [2.24, 2.45) is 0 Å². The van der Waals surface area contributed by atoms with Crippen LogP contribution in [0.5, 0.6) is 11.5 Å². The average Bonchev–Trinajstić information content (AvgIpc) is 3.35. The van der Waals surface area contributed by atoms with Gasteiger partial charge in [-0.2, -0.15) is 0 Å². The molecule has 0 bridgehead atoms. The maximum Gasteiger partial charge on any atom is 0.239 e. The number of ether oxygens (including phenoxy) is 2. The standard InChI is InChI=1S/C19H19FN2O3/c20-16-8-14(4-5-15(16)13-2-3-13)21-10-19(23)22-9-12-1-6-17-18(7-12)25-11-24-17/h1,4-8,13,21H,2-3,9-11H2,(H,22,23). The molecule has 1 aliphatic heterocycles. The monoisotopic (exact) mass is 342 g/mol. The van der Waals surface area contributed by atoms with Gasteiger partial charge < -0.3 is 20.1 Å². The molecule has 0 aromatic heterocycles. The second-order valence-corrected chi connectivity index (χ2v) is 6.33. The minimum Gasteiger partial charge on any atom is -0.454 e. The van der Waals surface area contributed by atoms with E-state index in [2.05, 4.69) is 10.6 Å². The highest BCUT2D eigenvalue weighted by Gasteiger charge is 2.26. The van der Waals surface area contributed by atoms with Gasteiger partial charge in [0.05, 0.1) is 6.54 Å². The van der Waals surface area contributed by atoms with Crippen molar-refractivity contribution in [2.45, 2.75) is 25.3 Å². The molecule has 0 atom stereocenters. The molecule has 5 nitrogen and oxygen atoms in total. The van der Waals surface area contributed by atoms with Gasteiger partial charge in [-0.15, -0.1) is 0 Å². The first-order valence-electron chi connectivity index (χ1n) is 8.37. The van der Waals surface area contributed by atoms with E-state index in [1.165, 1.54) is 6.07 Å². The summed E-state index contributed by atoms with van der Waals surface area (Å²) in [6, 6.07) is 10.6. The van der Waals surface area contributed by atoms with Gasteiger partial charge in [-0.3, -0.25) is 4.79 Å². The van der Waals surface area contributed by atoms with Gasteiger partial charge in [0.2, 0.25) is 12.7 Å². The van der Waals surface area contributed by atoms with Gasteiger partial charge in [0.15, 0.2) is 11.5 Å². The summed E-state index contributed by atoms with van der Waals surface area (Å²) in [5.74, 6) is 1.42. The second-order valence-electron chi connectivity index (χ2n) is 6.33. The summed E-state index contributed by atoms with van der Waals surface area (Å²) < 4.78 is 24.5. The van der Waals surface area contributed by atoms with Crippen LogP contribution in [0.15, 0.2) is 36.4 Å². The van der Waals surface area contributed by atoms with Crippen LogP contribution in [0.4, 0.5) is 10.1 Å². The number of benzene rings is 2. The Balaban J connectivity index is 1.27. The normalized spacial score (nSPS) is 15.1. The molecule has 1 amide bonds. The maximum absolute atomic E-state index is 14.0. The first-order chi connectivity index (χ1) is 12.2. The third-order valence-corrected chi connectivity index (χ3v) is 4.40. The van der Waals surface area contributed by atoms with Crippen molar-refractivity contribution in [1.82, 2.24) is 5.32 Å². The first kappa shape index (κ1) is 15.7. The van der Waals surface area contributed by atoms with E-state index in [1.807, 2.05) is 24.3 Å². The Morgan fingerprint density at radius 1 is 1.12 bits per heavy atom. The summed E-state index contributed by atoms with van der Waals surface area (Å²) in [4.78, 5) is 12.0. The quantitative estimate of drug-likeness (QED) is 0.847. The SMILES string of the molecule is O=C(CNc1ccc(C2CC2)c(F)c1)NCc1ccc2c(c1)OCO2. The zero-order valence-corrected chi connectivity index (χ0v) is 13.7. The highest BCUT2D eigenvalue weighted by Crippen LogP contribution is 2.41. The number of rotatable bonds is 6. The van der Waals surface area contributed by atoms with Gasteiger partial charge in [-0.05, 0) is 54.2 Å². The van der Waals surface area contributed by atoms with E-state index in [9.17, 15) is 9.18 Å². The van der Waals surface area contributed by atoms with Crippen molar-refractivity contribution in [3.63, 3.8) is 0 Å². The summed E-state index contributed by atoms with van der Waals surface area (Å²) in [6.45, 7) is 0.712. The van der Waals surface area contributed by atoms with Crippen LogP contribution < -0.4 is 20.1 Å². The molecule has 6 heteroatoms. The number of amides is 1. The Morgan fingerprint density at radius 2 is 1.96 bits per heavy atom. The average molecular weight is 342 g/mol. The molecule has 130 valence electrons. The largest absolute Gasteiger partial charge is 0.454 e. The molecule has 2 aromatic carbocycles. The molecule has 0 radical (unpaired) electrons. The Labute approximate surface area is 145 Å². The lowest BCUT2D eigenvalue weighted by Gasteiger charge is -2.10. The highest BCUT2D eigenvalue weighted by molar-refractivity contribution is 5.80. The fourth-order valence-electron chi connectivity index (χ4n) is 2.86. The van der Waals surface area contributed by atoms with Crippen molar-refractivity contribution in [2.75, 3.05) is 18.7 Å². The van der Waals surface area contributed by atoms with Gasteiger partial charge in [0.25, 0.3) is 0 Å².